The molecule has 0 radical (unpaired) electrons. The Morgan fingerprint density at radius 2 is 1.83 bits per heavy atom. The molecule has 1 aromatic heterocycles. The molecule has 0 fully saturated rings. The van der Waals surface area contributed by atoms with E-state index >= 15 is 0 Å². The van der Waals surface area contributed by atoms with E-state index in [0.29, 0.717) is 33.7 Å². The number of carbonyl (C=O) groups is 1. The van der Waals surface area contributed by atoms with E-state index in [1.54, 1.807) is 43.5 Å². The van der Waals surface area contributed by atoms with Gasteiger partial charge in [-0.25, -0.2) is 4.39 Å². The molecule has 1 heterocycles. The molecule has 0 amide bonds. The van der Waals surface area contributed by atoms with Crippen molar-refractivity contribution in [2.24, 2.45) is 0 Å². The Kier molecular flexibility index (Phi) is 5.73. The number of hydrogen-bond donors (Lipinski definition) is 0. The molecule has 0 aliphatic rings. The lowest BCUT2D eigenvalue weighted by molar-refractivity contribution is -0.156. The zero-order chi connectivity index (χ0) is 21.2. The van der Waals surface area contributed by atoms with Gasteiger partial charge in [-0.1, -0.05) is 6.07 Å². The zero-order valence-electron chi connectivity index (χ0n) is 17.2. The van der Waals surface area contributed by atoms with Gasteiger partial charge in [-0.3, -0.25) is 9.78 Å². The molecule has 0 spiro atoms. The molecule has 0 saturated carbocycles. The minimum absolute atomic E-state index is 0.333. The first kappa shape index (κ1) is 20.6. The number of ether oxygens (including phenoxy) is 3. The highest BCUT2D eigenvalue weighted by atomic mass is 19.1. The number of esters is 1. The Morgan fingerprint density at radius 1 is 1.07 bits per heavy atom. The van der Waals surface area contributed by atoms with Crippen molar-refractivity contribution in [2.75, 3.05) is 7.11 Å². The third kappa shape index (κ3) is 4.83. The maximum absolute atomic E-state index is 13.7. The number of carbonyl (C=O) groups excluding carboxylic acids is 1. The molecule has 3 rings (SSSR count). The fraction of sp³-hybridized carbons (Fsp3) is 0.304. The largest absolute Gasteiger partial charge is 0.496 e. The van der Waals surface area contributed by atoms with E-state index in [1.165, 1.54) is 19.2 Å². The second-order valence-corrected chi connectivity index (χ2v) is 7.73. The summed E-state index contributed by atoms with van der Waals surface area (Å²) in [6.45, 7) is 7.25. The molecule has 0 aliphatic carbocycles. The fourth-order valence-electron chi connectivity index (χ4n) is 2.94. The minimum atomic E-state index is -0.570. The number of benzene rings is 2. The summed E-state index contributed by atoms with van der Waals surface area (Å²) in [6, 6.07) is 11.2. The van der Waals surface area contributed by atoms with Crippen molar-refractivity contribution in [3.05, 3.63) is 60.0 Å². The summed E-state index contributed by atoms with van der Waals surface area (Å²) in [6.07, 6.45) is 1.60. The molecular weight excluding hydrogens is 373 g/mol. The van der Waals surface area contributed by atoms with Crippen LogP contribution in [0.1, 0.15) is 39.2 Å². The highest BCUT2D eigenvalue weighted by Crippen LogP contribution is 2.35. The van der Waals surface area contributed by atoms with Gasteiger partial charge in [0.2, 0.25) is 0 Å². The molecule has 1 unspecified atom stereocenters. The molecule has 0 aliphatic heterocycles. The topological polar surface area (TPSA) is 57.7 Å². The van der Waals surface area contributed by atoms with Gasteiger partial charge in [-0.2, -0.15) is 0 Å². The van der Waals surface area contributed by atoms with Crippen LogP contribution in [0.4, 0.5) is 4.39 Å². The first-order valence-corrected chi connectivity index (χ1v) is 9.31. The maximum Gasteiger partial charge on any atom is 0.313 e. The summed E-state index contributed by atoms with van der Waals surface area (Å²) in [7, 11) is 1.53. The van der Waals surface area contributed by atoms with Crippen molar-refractivity contribution < 1.29 is 23.4 Å². The van der Waals surface area contributed by atoms with Crippen molar-refractivity contribution in [3.8, 4) is 17.2 Å². The average molecular weight is 397 g/mol. The number of halogens is 1. The van der Waals surface area contributed by atoms with Crippen molar-refractivity contribution >= 4 is 16.9 Å². The van der Waals surface area contributed by atoms with Crippen LogP contribution in [0.25, 0.3) is 10.9 Å². The predicted molar refractivity (Wildman–Crippen MR) is 109 cm³/mol. The highest BCUT2D eigenvalue weighted by molar-refractivity contribution is 5.85. The van der Waals surface area contributed by atoms with Crippen LogP contribution in [0.15, 0.2) is 48.7 Å². The quantitative estimate of drug-likeness (QED) is 0.523. The van der Waals surface area contributed by atoms with Gasteiger partial charge in [0.15, 0.2) is 0 Å². The van der Waals surface area contributed by atoms with Crippen LogP contribution in [0.2, 0.25) is 0 Å². The van der Waals surface area contributed by atoms with Crippen LogP contribution in [0.3, 0.4) is 0 Å². The Morgan fingerprint density at radius 3 is 2.52 bits per heavy atom. The monoisotopic (exact) mass is 397 g/mol. The Bertz CT molecular complexity index is 1040. The third-order valence-electron chi connectivity index (χ3n) is 4.32. The van der Waals surface area contributed by atoms with E-state index in [4.69, 9.17) is 14.2 Å². The normalized spacial score (nSPS) is 12.5. The van der Waals surface area contributed by atoms with Crippen LogP contribution in [-0.4, -0.2) is 23.7 Å². The second-order valence-electron chi connectivity index (χ2n) is 7.73. The van der Waals surface area contributed by atoms with Crippen molar-refractivity contribution in [1.82, 2.24) is 4.98 Å². The summed E-state index contributed by atoms with van der Waals surface area (Å²) in [5, 5.41) is 0.567. The number of methoxy groups -OCH3 is 1. The van der Waals surface area contributed by atoms with E-state index in [0.717, 1.165) is 0 Å². The number of nitrogens with zero attached hydrogens (tertiary/aromatic N) is 1. The van der Waals surface area contributed by atoms with Gasteiger partial charge in [-0.05, 0) is 58.0 Å². The van der Waals surface area contributed by atoms with Crippen molar-refractivity contribution in [3.63, 3.8) is 0 Å². The SMILES string of the molecule is COc1cc(Oc2ccnc3ccc(F)cc23)ccc1C(C)C(=O)OC(C)(C)C. The maximum atomic E-state index is 13.7. The van der Waals surface area contributed by atoms with Gasteiger partial charge < -0.3 is 14.2 Å². The lowest BCUT2D eigenvalue weighted by Gasteiger charge is -2.23. The number of pyridine rings is 1. The van der Waals surface area contributed by atoms with Gasteiger partial charge in [0, 0.05) is 23.2 Å². The Hall–Kier alpha value is -3.15. The van der Waals surface area contributed by atoms with Gasteiger partial charge in [-0.15, -0.1) is 0 Å². The smallest absolute Gasteiger partial charge is 0.313 e. The summed E-state index contributed by atoms with van der Waals surface area (Å²) in [5.41, 5.74) is 0.755. The first-order chi connectivity index (χ1) is 13.7. The van der Waals surface area contributed by atoms with Gasteiger partial charge >= 0.3 is 5.97 Å². The number of rotatable bonds is 5. The molecule has 5 nitrogen and oxygen atoms in total. The third-order valence-corrected chi connectivity index (χ3v) is 4.32. The van der Waals surface area contributed by atoms with Crippen LogP contribution in [0, 0.1) is 5.82 Å². The summed E-state index contributed by atoms with van der Waals surface area (Å²) < 4.78 is 30.6. The molecule has 3 aromatic rings. The van der Waals surface area contributed by atoms with E-state index in [2.05, 4.69) is 4.98 Å². The van der Waals surface area contributed by atoms with Gasteiger partial charge in [0.25, 0.3) is 0 Å². The lowest BCUT2D eigenvalue weighted by atomic mass is 9.99. The molecular formula is C23H24FNO4. The Labute approximate surface area is 169 Å². The number of aromatic nitrogens is 1. The molecule has 6 heteroatoms. The number of hydrogen-bond acceptors (Lipinski definition) is 5. The Balaban J connectivity index is 1.90. The highest BCUT2D eigenvalue weighted by Gasteiger charge is 2.25. The van der Waals surface area contributed by atoms with Crippen LogP contribution in [-0.2, 0) is 9.53 Å². The molecule has 29 heavy (non-hydrogen) atoms. The minimum Gasteiger partial charge on any atom is -0.496 e. The van der Waals surface area contributed by atoms with Gasteiger partial charge in [0.1, 0.15) is 28.7 Å². The summed E-state index contributed by atoms with van der Waals surface area (Å²) in [5.74, 6) is 0.275. The molecule has 0 N–H and O–H groups in total. The van der Waals surface area contributed by atoms with Crippen LogP contribution in [0.5, 0.6) is 17.2 Å². The fourth-order valence-corrected chi connectivity index (χ4v) is 2.94. The summed E-state index contributed by atoms with van der Waals surface area (Å²) in [4.78, 5) is 16.7. The molecule has 0 saturated heterocycles. The van der Waals surface area contributed by atoms with Crippen LogP contribution < -0.4 is 9.47 Å². The van der Waals surface area contributed by atoms with E-state index < -0.39 is 11.5 Å². The van der Waals surface area contributed by atoms with E-state index in [-0.39, 0.29) is 11.8 Å². The van der Waals surface area contributed by atoms with Crippen molar-refractivity contribution in [1.29, 1.82) is 0 Å². The zero-order valence-corrected chi connectivity index (χ0v) is 17.2. The van der Waals surface area contributed by atoms with Crippen LogP contribution >= 0.6 is 0 Å². The van der Waals surface area contributed by atoms with E-state index in [1.807, 2.05) is 20.8 Å². The average Bonchev–Trinajstić information content (AvgIpc) is 2.66. The number of fused-ring (bicyclic) bond motifs is 1. The first-order valence-electron chi connectivity index (χ1n) is 9.31. The molecule has 1 atom stereocenters. The second kappa shape index (κ2) is 8.07. The lowest BCUT2D eigenvalue weighted by Crippen LogP contribution is -2.27. The molecule has 2 aromatic carbocycles. The molecule has 0 bridgehead atoms. The van der Waals surface area contributed by atoms with Crippen molar-refractivity contribution in [2.45, 2.75) is 39.2 Å². The van der Waals surface area contributed by atoms with E-state index in [9.17, 15) is 9.18 Å². The predicted octanol–water partition coefficient (Wildman–Crippen LogP) is 5.62. The standard InChI is InChI=1S/C23H24FNO4/c1-14(22(26)29-23(2,3)4)17-8-7-16(13-21(17)27-5)28-20-10-11-25-19-9-6-15(24)12-18(19)20/h6-14H,1-5H3. The molecule has 152 valence electrons. The van der Waals surface area contributed by atoms with Gasteiger partial charge in [0.05, 0.1) is 18.5 Å². The summed E-state index contributed by atoms with van der Waals surface area (Å²) >= 11 is 0.